The van der Waals surface area contributed by atoms with Gasteiger partial charge in [-0.2, -0.15) is 0 Å². The Morgan fingerprint density at radius 3 is 0.270 bits per heavy atom. The van der Waals surface area contributed by atoms with Crippen LogP contribution in [0, 0.1) is 0 Å². The molecular weight excluding hydrogens is 2000 g/mol. The molecule has 0 amide bonds. The van der Waals surface area contributed by atoms with Gasteiger partial charge in [-0.25, -0.2) is 79.7 Å². The molecular formula is C104H112N24O12Si8. The lowest BCUT2D eigenvalue weighted by molar-refractivity contribution is -0.0310. The molecule has 148 heavy (non-hydrogen) atoms. The topological polar surface area (TPSA) is 343 Å². The Morgan fingerprint density at radius 2 is 0.203 bits per heavy atom. The summed E-state index contributed by atoms with van der Waals surface area (Å²) in [4.78, 5) is 97.3. The van der Waals surface area contributed by atoms with Crippen LogP contribution in [0.15, 0.2) is 390 Å². The number of pyridine rings is 16. The Morgan fingerprint density at radius 1 is 0.122 bits per heavy atom. The van der Waals surface area contributed by atoms with Crippen LogP contribution >= 0.6 is 0 Å². The minimum atomic E-state index is -5.11. The maximum absolute atomic E-state index is 9.04. The first-order valence-corrected chi connectivity index (χ1v) is 65.6. The van der Waals surface area contributed by atoms with E-state index in [4.69, 9.17) is 129 Å². The summed E-state index contributed by atoms with van der Waals surface area (Å²) in [5.41, 5.74) is 0. The zero-order chi connectivity index (χ0) is 99.9. The molecule has 6 fully saturated rings. The summed E-state index contributed by atoms with van der Waals surface area (Å²) in [6, 6.07) is 93.9. The van der Waals surface area contributed by atoms with Crippen LogP contribution in [-0.2, 0) is 49.4 Å². The maximum Gasteiger partial charge on any atom is 0.478 e. The van der Waals surface area contributed by atoms with Gasteiger partial charge in [-0.15, -0.1) is 0 Å². The van der Waals surface area contributed by atoms with Gasteiger partial charge in [0.1, 0.15) is 93.1 Å². The van der Waals surface area contributed by atoms with Gasteiger partial charge in [0.2, 0.25) is 0 Å². The third-order valence-electron chi connectivity index (χ3n) is 25.5. The number of hydrogen-bond acceptors (Lipinski definition) is 36. The molecule has 22 heterocycles. The first kappa shape index (κ1) is 100.0. The molecule has 752 valence electrons. The summed E-state index contributed by atoms with van der Waals surface area (Å²) in [5.74, 6) is 10.3. The molecule has 0 spiro atoms. The molecule has 0 N–H and O–H groups in total. The Balaban J connectivity index is 0.822. The third-order valence-corrected chi connectivity index (χ3v) is 63.0. The van der Waals surface area contributed by atoms with Crippen LogP contribution in [0.1, 0.15) is 51.4 Å². The molecule has 16 aromatic heterocycles. The molecule has 6 aliphatic rings. The van der Waals surface area contributed by atoms with Crippen LogP contribution in [0.4, 0.5) is 93.1 Å². The van der Waals surface area contributed by atoms with E-state index < -0.39 is 70.4 Å². The number of aromatic nitrogens is 16. The van der Waals surface area contributed by atoms with Gasteiger partial charge in [-0.3, -0.25) is 0 Å². The van der Waals surface area contributed by atoms with Crippen molar-refractivity contribution in [1.82, 2.24) is 79.7 Å². The molecule has 0 unspecified atom stereocenters. The van der Waals surface area contributed by atoms with E-state index >= 15 is 0 Å². The lowest BCUT2D eigenvalue weighted by atomic mass is 10.3. The van der Waals surface area contributed by atoms with Crippen LogP contribution in [0.5, 0.6) is 0 Å². The summed E-state index contributed by atoms with van der Waals surface area (Å²) in [6.45, 7) is 2.25. The highest BCUT2D eigenvalue weighted by atomic mass is 28.6. The van der Waals surface area contributed by atoms with Crippen LogP contribution in [0.3, 0.4) is 0 Å². The average Bonchev–Trinajstić information content (AvgIpc) is 0.683. The van der Waals surface area contributed by atoms with Crippen molar-refractivity contribution in [3.63, 3.8) is 0 Å². The highest BCUT2D eigenvalue weighted by Gasteiger charge is 2.83. The third kappa shape index (κ3) is 24.2. The van der Waals surface area contributed by atoms with Gasteiger partial charge < -0.3 is 88.6 Å². The monoisotopic (exact) mass is 2110 g/mol. The van der Waals surface area contributed by atoms with Gasteiger partial charge in [-0.1, -0.05) is 97.1 Å². The molecule has 0 aromatic carbocycles. The van der Waals surface area contributed by atoms with E-state index in [9.17, 15) is 0 Å². The Labute approximate surface area is 868 Å². The SMILES string of the molecule is c1ccc(N(CCC[Si]23O[Si]4(CCCN(c5ccccn5)c5ccccn5)O[Si]5(CCCN(c6ccccn6)c6ccccn6)O[Si](CCCN(c6ccccn6)c6ccccn6)(O2)O[Si]2(CCCN(c6ccccn6)c6ccccn6)O[Si](CCCN(c6ccccn6)c6ccccn6)(O3)O[Si](CCCN(c3ccccn3)c3ccccn3)(O4)O[Si](CCCN(c3ccccn3)c3ccccn3)(O5)O2)c2ccccn2)nc1. The van der Waals surface area contributed by atoms with Gasteiger partial charge in [0.15, 0.2) is 0 Å². The predicted molar refractivity (Wildman–Crippen MR) is 578 cm³/mol. The van der Waals surface area contributed by atoms with E-state index in [1.165, 1.54) is 0 Å². The van der Waals surface area contributed by atoms with Gasteiger partial charge in [0.25, 0.3) is 0 Å². The van der Waals surface area contributed by atoms with Gasteiger partial charge in [-0.05, 0) is 245 Å². The number of nitrogens with zero attached hydrogens (tertiary/aromatic N) is 24. The van der Waals surface area contributed by atoms with Crippen LogP contribution in [-0.4, -0.2) is 203 Å². The summed E-state index contributed by atoms with van der Waals surface area (Å²) in [5, 5.41) is 0. The van der Waals surface area contributed by atoms with Crippen LogP contribution in [0.25, 0.3) is 0 Å². The molecule has 16 aromatic rings. The fraction of sp³-hybridized carbons (Fsp3) is 0.231. The Hall–Kier alpha value is -13.9. The van der Waals surface area contributed by atoms with Gasteiger partial charge >= 0.3 is 70.4 Å². The molecule has 0 aliphatic carbocycles. The van der Waals surface area contributed by atoms with E-state index in [0.29, 0.717) is 93.1 Å². The van der Waals surface area contributed by atoms with E-state index in [1.54, 1.807) is 99.1 Å². The second kappa shape index (κ2) is 47.1. The lowest BCUT2D eigenvalue weighted by Crippen LogP contribution is -2.88. The first-order valence-electron chi connectivity index (χ1n) is 50.2. The number of hydrogen-bond donors (Lipinski definition) is 0. The smallest absolute Gasteiger partial charge is 0.373 e. The van der Waals surface area contributed by atoms with Gasteiger partial charge in [0, 0.05) is 200 Å². The summed E-state index contributed by atoms with van der Waals surface area (Å²) >= 11 is 0. The highest BCUT2D eigenvalue weighted by Crippen LogP contribution is 2.56. The second-order valence-electron chi connectivity index (χ2n) is 35.7. The first-order chi connectivity index (χ1) is 73.0. The van der Waals surface area contributed by atoms with Crippen molar-refractivity contribution in [3.05, 3.63) is 390 Å². The molecule has 0 atom stereocenters. The van der Waals surface area contributed by atoms with Crippen molar-refractivity contribution in [3.8, 4) is 0 Å². The maximum atomic E-state index is 9.04. The van der Waals surface area contributed by atoms with E-state index in [2.05, 4.69) is 39.2 Å². The summed E-state index contributed by atoms with van der Waals surface area (Å²) in [6.07, 6.45) is 30.8. The van der Waals surface area contributed by atoms with Crippen molar-refractivity contribution < 1.29 is 49.4 Å². The molecule has 6 saturated heterocycles. The van der Waals surface area contributed by atoms with E-state index in [-0.39, 0.29) is 152 Å². The highest BCUT2D eigenvalue weighted by molar-refractivity contribution is 7.03. The zero-order valence-corrected chi connectivity index (χ0v) is 89.6. The fourth-order valence-corrected chi connectivity index (χ4v) is 69.5. The molecule has 8 bridgehead atoms. The predicted octanol–water partition coefficient (Wildman–Crippen LogP) is 19.9. The number of anilines is 16. The van der Waals surface area contributed by atoms with Crippen molar-refractivity contribution in [2.45, 2.75) is 99.7 Å². The lowest BCUT2D eigenvalue weighted by Gasteiger charge is -2.63. The largest absolute Gasteiger partial charge is 0.478 e. The average molecular weight is 2110 g/mol. The van der Waals surface area contributed by atoms with E-state index in [0.717, 1.165) is 0 Å². The normalized spacial score (nSPS) is 21.5. The molecule has 0 saturated carbocycles. The van der Waals surface area contributed by atoms with Crippen molar-refractivity contribution in [1.29, 1.82) is 0 Å². The van der Waals surface area contributed by atoms with Gasteiger partial charge in [0.05, 0.1) is 0 Å². The minimum Gasteiger partial charge on any atom is -0.373 e. The molecule has 0 radical (unpaired) electrons. The zero-order valence-electron chi connectivity index (χ0n) is 81.6. The molecule has 6 aliphatic heterocycles. The standard InChI is InChI=1S/C104H112N24O12Si8/c1-17-57-105-89(41-1)121(90-42-2-18-58-106-90)73-33-81-141-129-142(82-34-74-122(91-43-3-19-59-107-91)92-44-4-20-60-108-92)132-145(85-37-77-125(97-49-9-25-65-113-97)98-50-10-26-66-114-98)134-143(130-141,83-35-75-123(93-45-5-21-61-109-93)94-46-6-22-62-110-94)136-147(87-39-79-127(101-53-13-29-69-117-101)102-54-14-30-70-118-102)137-144(131-141,84-36-76-124(95-47-7-23-63-111-95)96-48-8-24-64-112-96)135-146(133-142,86-38-78-126(99-51-11-27-67-115-99)100-52-12-28-68-116-100)139-148(138-145,140-147)88-40-80-128(103-55-15-31-71-119-103)104-56-16-32-72-120-104/h1-32,41-72H,33-40,73-88H2. The van der Waals surface area contributed by atoms with E-state index in [1.807, 2.05) is 291 Å². The van der Waals surface area contributed by atoms with Crippen LogP contribution < -0.4 is 39.2 Å². The minimum absolute atomic E-state index is 0.0286. The van der Waals surface area contributed by atoms with Crippen LogP contribution in [0.2, 0.25) is 48.4 Å². The Kier molecular flexibility index (Phi) is 31.8. The van der Waals surface area contributed by atoms with Crippen molar-refractivity contribution >= 4 is 164 Å². The summed E-state index contributed by atoms with van der Waals surface area (Å²) < 4.78 is 109. The molecule has 22 rings (SSSR count). The molecule has 36 nitrogen and oxygen atoms in total. The Bertz CT molecular complexity index is 5190. The van der Waals surface area contributed by atoms with Crippen molar-refractivity contribution in [2.75, 3.05) is 91.6 Å². The fourth-order valence-electron chi connectivity index (χ4n) is 19.2. The quantitative estimate of drug-likeness (QED) is 0.0320. The summed E-state index contributed by atoms with van der Waals surface area (Å²) in [7, 11) is -40.9. The second-order valence-corrected chi connectivity index (χ2v) is 60.5. The number of rotatable bonds is 48. The van der Waals surface area contributed by atoms with Crippen molar-refractivity contribution in [2.24, 2.45) is 0 Å². The molecule has 44 heteroatoms.